The summed E-state index contributed by atoms with van der Waals surface area (Å²) in [7, 11) is 3.57. The lowest BCUT2D eigenvalue weighted by molar-refractivity contribution is -0.137. The maximum atomic E-state index is 13.0. The van der Waals surface area contributed by atoms with Crippen molar-refractivity contribution in [2.75, 3.05) is 33.3 Å². The number of nitrogens with zero attached hydrogens (tertiary/aromatic N) is 4. The summed E-state index contributed by atoms with van der Waals surface area (Å²) in [4.78, 5) is 6.32. The van der Waals surface area contributed by atoms with Crippen LogP contribution in [0.25, 0.3) is 0 Å². The van der Waals surface area contributed by atoms with Gasteiger partial charge in [-0.15, -0.1) is 24.0 Å². The van der Waals surface area contributed by atoms with E-state index in [1.165, 1.54) is 6.07 Å². The van der Waals surface area contributed by atoms with Crippen LogP contribution in [0.15, 0.2) is 41.7 Å². The van der Waals surface area contributed by atoms with Gasteiger partial charge >= 0.3 is 6.18 Å². The predicted molar refractivity (Wildman–Crippen MR) is 115 cm³/mol. The Bertz CT molecular complexity index is 824. The molecule has 3 rings (SSSR count). The molecule has 0 bridgehead atoms. The fraction of sp³-hybridized carbons (Fsp3) is 0.474. The Balaban J connectivity index is 0.00000300. The first kappa shape index (κ1) is 23.5. The molecule has 160 valence electrons. The number of aliphatic imine (C=N–C) groups is 1. The molecule has 1 aromatic carbocycles. The molecule has 2 aromatic rings. The number of aromatic nitrogens is 2. The summed E-state index contributed by atoms with van der Waals surface area (Å²) < 4.78 is 46.5. The van der Waals surface area contributed by atoms with Gasteiger partial charge in [-0.3, -0.25) is 9.67 Å². The topological polar surface area (TPSA) is 54.7 Å². The minimum atomic E-state index is -4.37. The number of hydrogen-bond donors (Lipinski definition) is 1. The van der Waals surface area contributed by atoms with Gasteiger partial charge in [-0.1, -0.05) is 12.1 Å². The number of rotatable bonds is 4. The molecule has 0 radical (unpaired) electrons. The van der Waals surface area contributed by atoms with E-state index in [2.05, 4.69) is 15.4 Å². The van der Waals surface area contributed by atoms with Crippen molar-refractivity contribution in [3.63, 3.8) is 0 Å². The van der Waals surface area contributed by atoms with E-state index in [1.807, 2.05) is 24.3 Å². The number of guanidine groups is 1. The highest BCUT2D eigenvalue weighted by atomic mass is 127. The normalized spacial score (nSPS) is 17.8. The van der Waals surface area contributed by atoms with Crippen LogP contribution in [-0.4, -0.2) is 53.9 Å². The van der Waals surface area contributed by atoms with Gasteiger partial charge in [-0.2, -0.15) is 18.3 Å². The molecule has 1 aliphatic heterocycles. The van der Waals surface area contributed by atoms with Gasteiger partial charge in [-0.05, 0) is 29.7 Å². The van der Waals surface area contributed by atoms with E-state index in [1.54, 1.807) is 17.8 Å². The summed E-state index contributed by atoms with van der Waals surface area (Å²) >= 11 is 0. The van der Waals surface area contributed by atoms with Gasteiger partial charge in [0.2, 0.25) is 0 Å². The molecular weight excluding hydrogens is 498 g/mol. The average Bonchev–Trinajstić information content (AvgIpc) is 3.10. The lowest BCUT2D eigenvalue weighted by Crippen LogP contribution is -2.48. The van der Waals surface area contributed by atoms with Gasteiger partial charge in [-0.25, -0.2) is 0 Å². The Kier molecular flexibility index (Phi) is 8.32. The summed E-state index contributed by atoms with van der Waals surface area (Å²) in [5.74, 6) is 0.712. The highest BCUT2D eigenvalue weighted by molar-refractivity contribution is 14.0. The Labute approximate surface area is 185 Å². The molecule has 1 atom stereocenters. The Hall–Kier alpha value is -1.82. The van der Waals surface area contributed by atoms with Crippen molar-refractivity contribution in [2.24, 2.45) is 12.0 Å². The molecule has 1 fully saturated rings. The fourth-order valence-corrected chi connectivity index (χ4v) is 3.21. The van der Waals surface area contributed by atoms with Crippen molar-refractivity contribution in [1.29, 1.82) is 0 Å². The third-order valence-corrected chi connectivity index (χ3v) is 4.62. The van der Waals surface area contributed by atoms with Crippen LogP contribution in [0.2, 0.25) is 0 Å². The van der Waals surface area contributed by atoms with E-state index < -0.39 is 17.8 Å². The van der Waals surface area contributed by atoms with Crippen LogP contribution < -0.4 is 5.32 Å². The van der Waals surface area contributed by atoms with Crippen LogP contribution in [0.4, 0.5) is 13.2 Å². The zero-order valence-corrected chi connectivity index (χ0v) is 18.6. The number of nitrogens with one attached hydrogen (secondary N) is 1. The maximum Gasteiger partial charge on any atom is 0.416 e. The molecule has 0 spiro atoms. The number of halogens is 4. The van der Waals surface area contributed by atoms with E-state index in [0.717, 1.165) is 24.1 Å². The van der Waals surface area contributed by atoms with Crippen LogP contribution in [-0.2, 0) is 24.4 Å². The van der Waals surface area contributed by atoms with Gasteiger partial charge in [0.1, 0.15) is 6.10 Å². The Morgan fingerprint density at radius 1 is 1.38 bits per heavy atom. The third kappa shape index (κ3) is 6.33. The number of aryl methyl sites for hydroxylation is 1. The standard InChI is InChI=1S/C19H24F3N5O.HI/c1-23-18(24-7-6-14-11-25-26(2)12-14)27-8-9-28-17(13-27)15-4-3-5-16(10-15)19(20,21)22;/h3-5,10-12,17H,6-9,13H2,1-2H3,(H,23,24);1H. The lowest BCUT2D eigenvalue weighted by Gasteiger charge is -2.35. The quantitative estimate of drug-likeness (QED) is 0.380. The third-order valence-electron chi connectivity index (χ3n) is 4.62. The molecule has 1 N–H and O–H groups in total. The number of benzene rings is 1. The summed E-state index contributed by atoms with van der Waals surface area (Å²) in [5.41, 5.74) is 0.976. The molecule has 29 heavy (non-hydrogen) atoms. The van der Waals surface area contributed by atoms with Crippen molar-refractivity contribution in [2.45, 2.75) is 18.7 Å². The lowest BCUT2D eigenvalue weighted by atomic mass is 10.0. The van der Waals surface area contributed by atoms with Crippen molar-refractivity contribution in [3.05, 3.63) is 53.3 Å². The zero-order chi connectivity index (χ0) is 20.1. The van der Waals surface area contributed by atoms with Crippen LogP contribution in [0.5, 0.6) is 0 Å². The van der Waals surface area contributed by atoms with E-state index in [9.17, 15) is 13.2 Å². The molecule has 1 aromatic heterocycles. The van der Waals surface area contributed by atoms with Gasteiger partial charge in [0.25, 0.3) is 0 Å². The van der Waals surface area contributed by atoms with E-state index in [0.29, 0.717) is 37.8 Å². The molecule has 0 aliphatic carbocycles. The molecule has 6 nitrogen and oxygen atoms in total. The van der Waals surface area contributed by atoms with Crippen LogP contribution >= 0.6 is 24.0 Å². The van der Waals surface area contributed by atoms with E-state index >= 15 is 0 Å². The van der Waals surface area contributed by atoms with Gasteiger partial charge in [0.05, 0.1) is 24.9 Å². The van der Waals surface area contributed by atoms with Gasteiger partial charge in [0.15, 0.2) is 5.96 Å². The Morgan fingerprint density at radius 2 is 2.17 bits per heavy atom. The molecule has 0 saturated carbocycles. The molecule has 1 aliphatic rings. The maximum absolute atomic E-state index is 13.0. The first-order valence-corrected chi connectivity index (χ1v) is 9.08. The second-order valence-corrected chi connectivity index (χ2v) is 6.67. The fourth-order valence-electron chi connectivity index (χ4n) is 3.21. The summed E-state index contributed by atoms with van der Waals surface area (Å²) in [6.45, 7) is 2.17. The van der Waals surface area contributed by atoms with Crippen molar-refractivity contribution in [1.82, 2.24) is 20.0 Å². The SMILES string of the molecule is CN=C(NCCc1cnn(C)c1)N1CCOC(c2cccc(C(F)(F)F)c2)C1.I. The summed E-state index contributed by atoms with van der Waals surface area (Å²) in [6, 6.07) is 5.32. The van der Waals surface area contributed by atoms with Crippen molar-refractivity contribution >= 4 is 29.9 Å². The van der Waals surface area contributed by atoms with Crippen LogP contribution in [0, 0.1) is 0 Å². The number of hydrogen-bond acceptors (Lipinski definition) is 3. The van der Waals surface area contributed by atoms with Gasteiger partial charge < -0.3 is 15.0 Å². The van der Waals surface area contributed by atoms with E-state index in [4.69, 9.17) is 4.74 Å². The van der Waals surface area contributed by atoms with Crippen molar-refractivity contribution in [3.8, 4) is 0 Å². The zero-order valence-electron chi connectivity index (χ0n) is 16.3. The first-order valence-electron chi connectivity index (χ1n) is 9.08. The molecule has 0 amide bonds. The molecule has 1 saturated heterocycles. The smallest absolute Gasteiger partial charge is 0.370 e. The highest BCUT2D eigenvalue weighted by Gasteiger charge is 2.32. The minimum absolute atomic E-state index is 0. The first-order chi connectivity index (χ1) is 13.4. The van der Waals surface area contributed by atoms with Gasteiger partial charge in [0, 0.05) is 33.4 Å². The van der Waals surface area contributed by atoms with Crippen LogP contribution in [0.3, 0.4) is 0 Å². The molecule has 2 heterocycles. The predicted octanol–water partition coefficient (Wildman–Crippen LogP) is 3.25. The second kappa shape index (κ2) is 10.3. The summed E-state index contributed by atoms with van der Waals surface area (Å²) in [6.07, 6.45) is -0.221. The Morgan fingerprint density at radius 3 is 2.83 bits per heavy atom. The van der Waals surface area contributed by atoms with Crippen molar-refractivity contribution < 1.29 is 17.9 Å². The minimum Gasteiger partial charge on any atom is -0.370 e. The second-order valence-electron chi connectivity index (χ2n) is 6.67. The number of morpholine rings is 1. The number of alkyl halides is 3. The van der Waals surface area contributed by atoms with E-state index in [-0.39, 0.29) is 24.0 Å². The average molecular weight is 523 g/mol. The monoisotopic (exact) mass is 523 g/mol. The molecule has 1 unspecified atom stereocenters. The number of ether oxygens (including phenoxy) is 1. The van der Waals surface area contributed by atoms with Crippen LogP contribution in [0.1, 0.15) is 22.8 Å². The largest absolute Gasteiger partial charge is 0.416 e. The highest BCUT2D eigenvalue weighted by Crippen LogP contribution is 2.32. The molecule has 10 heteroatoms. The molecular formula is C19H25F3IN5O. The summed E-state index contributed by atoms with van der Waals surface area (Å²) in [5, 5.41) is 7.45.